The number of thioether (sulfide) groups is 1. The predicted octanol–water partition coefficient (Wildman–Crippen LogP) is 4.18. The van der Waals surface area contributed by atoms with Crippen LogP contribution >= 0.6 is 11.8 Å². The largest absolute Gasteiger partial charge is 0.482 e. The van der Waals surface area contributed by atoms with Gasteiger partial charge in [0.25, 0.3) is 0 Å². The lowest BCUT2D eigenvalue weighted by Gasteiger charge is -2.14. The highest BCUT2D eigenvalue weighted by molar-refractivity contribution is 7.99. The van der Waals surface area contributed by atoms with Crippen LogP contribution in [0.1, 0.15) is 13.3 Å². The van der Waals surface area contributed by atoms with Gasteiger partial charge in [0.15, 0.2) is 6.61 Å². The van der Waals surface area contributed by atoms with E-state index in [2.05, 4.69) is 12.2 Å². The average Bonchev–Trinajstić information content (AvgIpc) is 2.36. The maximum Gasteiger partial charge on any atom is 0.422 e. The average molecular weight is 293 g/mol. The number of hydrogen-bond acceptors (Lipinski definition) is 3. The molecule has 0 heterocycles. The van der Waals surface area contributed by atoms with Crippen molar-refractivity contribution in [3.63, 3.8) is 0 Å². The highest BCUT2D eigenvalue weighted by Gasteiger charge is 2.28. The normalized spacial score (nSPS) is 11.4. The minimum absolute atomic E-state index is 0.239. The lowest BCUT2D eigenvalue weighted by Crippen LogP contribution is -2.19. The summed E-state index contributed by atoms with van der Waals surface area (Å²) >= 11 is 1.84. The van der Waals surface area contributed by atoms with Gasteiger partial charge in [-0.2, -0.15) is 24.9 Å². The Morgan fingerprint density at radius 2 is 2.00 bits per heavy atom. The maximum atomic E-state index is 12.1. The molecule has 0 aliphatic heterocycles. The molecule has 0 saturated carbocycles. The van der Waals surface area contributed by atoms with E-state index in [1.807, 2.05) is 11.8 Å². The molecule has 2 nitrogen and oxygen atoms in total. The minimum Gasteiger partial charge on any atom is -0.482 e. The highest BCUT2D eigenvalue weighted by Crippen LogP contribution is 2.26. The number of alkyl halides is 3. The van der Waals surface area contributed by atoms with Gasteiger partial charge >= 0.3 is 6.18 Å². The molecule has 0 aliphatic rings. The lowest BCUT2D eigenvalue weighted by atomic mass is 10.3. The number of hydrogen-bond donors (Lipinski definition) is 1. The van der Waals surface area contributed by atoms with E-state index in [0.717, 1.165) is 24.5 Å². The van der Waals surface area contributed by atoms with Crippen LogP contribution in [-0.2, 0) is 0 Å². The zero-order valence-corrected chi connectivity index (χ0v) is 11.6. The standard InChI is InChI=1S/C13H18F3NOS/c1-2-19-9-5-8-17-11-6-3-4-7-12(11)18-10-13(14,15)16/h3-4,6-7,17H,2,5,8-10H2,1H3. The number of halogens is 3. The Hall–Kier alpha value is -1.04. The van der Waals surface area contributed by atoms with Gasteiger partial charge in [0.2, 0.25) is 0 Å². The van der Waals surface area contributed by atoms with Crippen LogP contribution in [0.5, 0.6) is 5.75 Å². The van der Waals surface area contributed by atoms with Gasteiger partial charge in [0.05, 0.1) is 5.69 Å². The summed E-state index contributed by atoms with van der Waals surface area (Å²) in [6.45, 7) is 1.55. The van der Waals surface area contributed by atoms with E-state index in [9.17, 15) is 13.2 Å². The summed E-state index contributed by atoms with van der Waals surface area (Å²) in [5.41, 5.74) is 0.605. The number of nitrogens with one attached hydrogen (secondary N) is 1. The van der Waals surface area contributed by atoms with Gasteiger partial charge < -0.3 is 10.1 Å². The second-order valence-corrected chi connectivity index (χ2v) is 5.27. The Kier molecular flexibility index (Phi) is 6.91. The summed E-state index contributed by atoms with van der Waals surface area (Å²) in [7, 11) is 0. The van der Waals surface area contributed by atoms with Crippen LogP contribution < -0.4 is 10.1 Å². The third kappa shape index (κ3) is 7.20. The highest BCUT2D eigenvalue weighted by atomic mass is 32.2. The van der Waals surface area contributed by atoms with Gasteiger partial charge in [0, 0.05) is 6.54 Å². The van der Waals surface area contributed by atoms with Crippen LogP contribution in [0.25, 0.3) is 0 Å². The first-order valence-electron chi connectivity index (χ1n) is 6.13. The molecule has 0 fully saturated rings. The monoisotopic (exact) mass is 293 g/mol. The fourth-order valence-electron chi connectivity index (χ4n) is 1.44. The van der Waals surface area contributed by atoms with E-state index in [-0.39, 0.29) is 5.75 Å². The second-order valence-electron chi connectivity index (χ2n) is 3.88. The second kappa shape index (κ2) is 8.19. The summed E-state index contributed by atoms with van der Waals surface area (Å²) in [6.07, 6.45) is -3.35. The molecule has 0 unspecified atom stereocenters. The van der Waals surface area contributed by atoms with Gasteiger partial charge in [-0.1, -0.05) is 19.1 Å². The molecule has 6 heteroatoms. The smallest absolute Gasteiger partial charge is 0.422 e. The molecule has 0 radical (unpaired) electrons. The number of rotatable bonds is 8. The van der Waals surface area contributed by atoms with Crippen LogP contribution in [0, 0.1) is 0 Å². The number of ether oxygens (including phenoxy) is 1. The van der Waals surface area contributed by atoms with Crippen molar-refractivity contribution in [1.82, 2.24) is 0 Å². The molecular weight excluding hydrogens is 275 g/mol. The number of para-hydroxylation sites is 2. The molecular formula is C13H18F3NOS. The van der Waals surface area contributed by atoms with Crippen molar-refractivity contribution in [2.24, 2.45) is 0 Å². The number of anilines is 1. The lowest BCUT2D eigenvalue weighted by molar-refractivity contribution is -0.153. The summed E-state index contributed by atoms with van der Waals surface area (Å²) in [5, 5.41) is 3.10. The first-order chi connectivity index (χ1) is 9.03. The number of benzene rings is 1. The SMILES string of the molecule is CCSCCCNc1ccccc1OCC(F)(F)F. The van der Waals surface area contributed by atoms with Crippen molar-refractivity contribution in [3.05, 3.63) is 24.3 Å². The predicted molar refractivity (Wildman–Crippen MR) is 74.1 cm³/mol. The van der Waals surface area contributed by atoms with E-state index in [1.165, 1.54) is 6.07 Å². The van der Waals surface area contributed by atoms with Crippen LogP contribution in [0.4, 0.5) is 18.9 Å². The third-order valence-electron chi connectivity index (χ3n) is 2.26. The molecule has 1 N–H and O–H groups in total. The van der Waals surface area contributed by atoms with Crippen LogP contribution in [0.2, 0.25) is 0 Å². The molecule has 0 bridgehead atoms. The Bertz CT molecular complexity index is 371. The van der Waals surface area contributed by atoms with Crippen molar-refractivity contribution in [1.29, 1.82) is 0 Å². The summed E-state index contributed by atoms with van der Waals surface area (Å²) in [4.78, 5) is 0. The van der Waals surface area contributed by atoms with Gasteiger partial charge in [0.1, 0.15) is 5.75 Å². The van der Waals surface area contributed by atoms with Crippen molar-refractivity contribution in [2.45, 2.75) is 19.5 Å². The molecule has 0 amide bonds. The molecule has 19 heavy (non-hydrogen) atoms. The van der Waals surface area contributed by atoms with Crippen LogP contribution in [0.15, 0.2) is 24.3 Å². The Morgan fingerprint density at radius 3 is 2.68 bits per heavy atom. The first kappa shape index (κ1) is 16.0. The molecule has 1 aromatic rings. The van der Waals surface area contributed by atoms with E-state index in [0.29, 0.717) is 5.69 Å². The fraction of sp³-hybridized carbons (Fsp3) is 0.538. The Morgan fingerprint density at radius 1 is 1.26 bits per heavy atom. The zero-order chi connectivity index (χ0) is 14.1. The van der Waals surface area contributed by atoms with Crippen LogP contribution in [0.3, 0.4) is 0 Å². The molecule has 0 spiro atoms. The summed E-state index contributed by atoms with van der Waals surface area (Å²) in [6, 6.07) is 6.68. The quantitative estimate of drug-likeness (QED) is 0.726. The third-order valence-corrected chi connectivity index (χ3v) is 3.25. The summed E-state index contributed by atoms with van der Waals surface area (Å²) < 4.78 is 41.1. The topological polar surface area (TPSA) is 21.3 Å². The Labute approximate surface area is 115 Å². The Balaban J connectivity index is 2.44. The van der Waals surface area contributed by atoms with Gasteiger partial charge in [-0.15, -0.1) is 0 Å². The van der Waals surface area contributed by atoms with E-state index in [4.69, 9.17) is 4.74 Å². The van der Waals surface area contributed by atoms with Crippen molar-refractivity contribution in [2.75, 3.05) is 30.0 Å². The van der Waals surface area contributed by atoms with E-state index >= 15 is 0 Å². The maximum absolute atomic E-state index is 12.1. The van der Waals surface area contributed by atoms with Gasteiger partial charge in [-0.05, 0) is 30.1 Å². The molecule has 0 aliphatic carbocycles. The molecule has 1 aromatic carbocycles. The molecule has 0 atom stereocenters. The van der Waals surface area contributed by atoms with Gasteiger partial charge in [-0.3, -0.25) is 0 Å². The van der Waals surface area contributed by atoms with E-state index < -0.39 is 12.8 Å². The fourth-order valence-corrected chi connectivity index (χ4v) is 2.08. The molecule has 0 saturated heterocycles. The summed E-state index contributed by atoms with van der Waals surface area (Å²) in [5.74, 6) is 2.35. The molecule has 0 aromatic heterocycles. The van der Waals surface area contributed by atoms with Gasteiger partial charge in [-0.25, -0.2) is 0 Å². The van der Waals surface area contributed by atoms with Crippen molar-refractivity contribution < 1.29 is 17.9 Å². The van der Waals surface area contributed by atoms with Crippen molar-refractivity contribution >= 4 is 17.4 Å². The first-order valence-corrected chi connectivity index (χ1v) is 7.28. The van der Waals surface area contributed by atoms with Crippen molar-refractivity contribution in [3.8, 4) is 5.75 Å². The molecule has 108 valence electrons. The molecule has 1 rings (SSSR count). The van der Waals surface area contributed by atoms with E-state index in [1.54, 1.807) is 18.2 Å². The van der Waals surface area contributed by atoms with Crippen LogP contribution in [-0.4, -0.2) is 30.8 Å². The minimum atomic E-state index is -4.31. The zero-order valence-electron chi connectivity index (χ0n) is 10.8.